The van der Waals surface area contributed by atoms with Crippen molar-refractivity contribution in [2.45, 2.75) is 0 Å². The Bertz CT molecular complexity index is 161. The van der Waals surface area contributed by atoms with Crippen LogP contribution in [0.15, 0.2) is 0 Å². The van der Waals surface area contributed by atoms with Crippen molar-refractivity contribution in [3.63, 3.8) is 0 Å². The Morgan fingerprint density at radius 3 is 0.444 bits per heavy atom. The van der Waals surface area contributed by atoms with Gasteiger partial charge in [-0.1, -0.05) is 0 Å². The van der Waals surface area contributed by atoms with Crippen LogP contribution in [0, 0.1) is 61.3 Å². The zero-order valence-corrected chi connectivity index (χ0v) is 11.1. The molecule has 0 heterocycles. The van der Waals surface area contributed by atoms with Crippen molar-refractivity contribution in [3.8, 4) is 0 Å². The number of nitrogens with zero attached hydrogens (tertiary/aromatic N) is 4. The average molecular weight is 355 g/mol. The van der Waals surface area contributed by atoms with E-state index in [0.29, 0.717) is 0 Å². The SMILES string of the molecule is O=[N+]([O-])[O-].O=[N+]([O-])[O-].O=[N+]([O-])[O-].O=[N+]([O-])[O-].[NH4+].[Y+3]. The summed E-state index contributed by atoms with van der Waals surface area (Å²) < 4.78 is 0. The van der Waals surface area contributed by atoms with Gasteiger partial charge in [0.2, 0.25) is 0 Å². The molecular weight excluding hydrogens is 351 g/mol. The normalized spacial score (nSPS) is 5.33. The quantitative estimate of drug-likeness (QED) is 0.421. The van der Waals surface area contributed by atoms with Gasteiger partial charge in [-0.25, -0.2) is 0 Å². The van der Waals surface area contributed by atoms with E-state index in [4.69, 9.17) is 61.3 Å². The van der Waals surface area contributed by atoms with Crippen LogP contribution in [-0.4, -0.2) is 20.3 Å². The molecule has 0 rings (SSSR count). The fourth-order valence-corrected chi connectivity index (χ4v) is 0. The van der Waals surface area contributed by atoms with Crippen molar-refractivity contribution in [2.75, 3.05) is 0 Å². The van der Waals surface area contributed by atoms with Crippen LogP contribution in [0.1, 0.15) is 0 Å². The van der Waals surface area contributed by atoms with Gasteiger partial charge in [0, 0.05) is 0 Å². The first kappa shape index (κ1) is 36.0. The molecule has 0 aliphatic rings. The monoisotopic (exact) mass is 355 g/mol. The molecule has 0 saturated heterocycles. The summed E-state index contributed by atoms with van der Waals surface area (Å²) in [5, 5.41) is 59.0. The van der Waals surface area contributed by atoms with E-state index in [1.54, 1.807) is 0 Å². The topological polar surface area (TPSA) is 301 Å². The maximum atomic E-state index is 8.25. The zero-order valence-electron chi connectivity index (χ0n) is 8.27. The Morgan fingerprint density at radius 2 is 0.444 bits per heavy atom. The van der Waals surface area contributed by atoms with Gasteiger partial charge in [0.05, 0.1) is 20.3 Å². The predicted molar refractivity (Wildman–Crippen MR) is 47.4 cm³/mol. The second kappa shape index (κ2) is 29.4. The molecule has 18 heteroatoms. The van der Waals surface area contributed by atoms with Crippen LogP contribution in [0.5, 0.6) is 0 Å². The maximum Gasteiger partial charge on any atom is 3.00 e. The summed E-state index contributed by atoms with van der Waals surface area (Å²) >= 11 is 0. The first-order valence-electron chi connectivity index (χ1n) is 2.19. The molecule has 0 saturated carbocycles. The van der Waals surface area contributed by atoms with Crippen LogP contribution < -0.4 is 6.15 Å². The van der Waals surface area contributed by atoms with E-state index in [1.165, 1.54) is 0 Å². The number of hydrogen-bond donors (Lipinski definition) is 1. The molecule has 0 fully saturated rings. The summed E-state index contributed by atoms with van der Waals surface area (Å²) in [6.07, 6.45) is 0. The van der Waals surface area contributed by atoms with Crippen LogP contribution in [-0.2, 0) is 32.7 Å². The molecule has 0 aliphatic heterocycles. The Labute approximate surface area is 121 Å². The smallest absolute Gasteiger partial charge is 0.369 e. The number of rotatable bonds is 0. The third-order valence-corrected chi connectivity index (χ3v) is 0. The minimum Gasteiger partial charge on any atom is -0.369 e. The summed E-state index contributed by atoms with van der Waals surface area (Å²) in [5.74, 6) is 0. The van der Waals surface area contributed by atoms with Gasteiger partial charge in [-0.2, -0.15) is 0 Å². The van der Waals surface area contributed by atoms with Crippen molar-refractivity contribution in [1.29, 1.82) is 0 Å². The first-order valence-corrected chi connectivity index (χ1v) is 2.19. The van der Waals surface area contributed by atoms with Crippen molar-refractivity contribution in [2.24, 2.45) is 0 Å². The summed E-state index contributed by atoms with van der Waals surface area (Å²) in [4.78, 5) is 33.0. The van der Waals surface area contributed by atoms with Crippen LogP contribution in [0.2, 0.25) is 0 Å². The minimum atomic E-state index is -1.75. The van der Waals surface area contributed by atoms with Crippen LogP contribution in [0.4, 0.5) is 0 Å². The molecule has 0 aromatic heterocycles. The van der Waals surface area contributed by atoms with E-state index in [0.717, 1.165) is 0 Å². The molecule has 0 atom stereocenters. The number of hydrogen-bond acceptors (Lipinski definition) is 12. The third kappa shape index (κ3) is 503. The Hall–Kier alpha value is -2.14. The van der Waals surface area contributed by atoms with Crippen molar-refractivity contribution < 1.29 is 53.1 Å². The first-order chi connectivity index (χ1) is 6.93. The molecule has 104 valence electrons. The molecule has 0 spiro atoms. The van der Waals surface area contributed by atoms with Gasteiger partial charge in [0.25, 0.3) is 0 Å². The molecule has 17 nitrogen and oxygen atoms in total. The molecule has 0 radical (unpaired) electrons. The third-order valence-electron chi connectivity index (χ3n) is 0. The van der Waals surface area contributed by atoms with Gasteiger partial charge in [-0.15, -0.1) is 0 Å². The molecule has 0 unspecified atom stereocenters. The van der Waals surface area contributed by atoms with E-state index < -0.39 is 20.3 Å². The zero-order chi connectivity index (χ0) is 14.3. The maximum absolute atomic E-state index is 8.25. The molecule has 18 heavy (non-hydrogen) atoms. The standard InChI is InChI=1S/4NO3.H3N.Y/c4*2-1(3)4;;/h;;;;1H3;/q4*-1;;+3/p+1. The minimum absolute atomic E-state index is 0. The van der Waals surface area contributed by atoms with Gasteiger partial charge < -0.3 is 67.4 Å². The van der Waals surface area contributed by atoms with E-state index in [2.05, 4.69) is 0 Å². The van der Waals surface area contributed by atoms with Crippen LogP contribution in [0.3, 0.4) is 0 Å². The second-order valence-corrected chi connectivity index (χ2v) is 0.894. The molecule has 0 aromatic rings. The summed E-state index contributed by atoms with van der Waals surface area (Å²) in [7, 11) is 0. The number of quaternary nitrogens is 1. The summed E-state index contributed by atoms with van der Waals surface area (Å²) in [5.41, 5.74) is 0. The second-order valence-electron chi connectivity index (χ2n) is 0.894. The fourth-order valence-electron chi connectivity index (χ4n) is 0. The molecule has 4 N–H and O–H groups in total. The Kier molecular flexibility index (Phi) is 58.8. The van der Waals surface area contributed by atoms with Crippen molar-refractivity contribution >= 4 is 0 Å². The molecule has 0 aliphatic carbocycles. The fraction of sp³-hybridized carbons (Fsp3) is 0. The molecule has 0 amide bonds. The van der Waals surface area contributed by atoms with E-state index in [-0.39, 0.29) is 38.9 Å². The largest absolute Gasteiger partial charge is 3.00 e. The van der Waals surface area contributed by atoms with Crippen LogP contribution in [0.25, 0.3) is 0 Å². The van der Waals surface area contributed by atoms with Gasteiger partial charge in [0.15, 0.2) is 0 Å². The Balaban J connectivity index is -0.0000000257. The van der Waals surface area contributed by atoms with Crippen LogP contribution >= 0.6 is 0 Å². The predicted octanol–water partition coefficient (Wildman–Crippen LogP) is -0.583. The average Bonchev–Trinajstić information content (AvgIpc) is 1.76. The van der Waals surface area contributed by atoms with Crippen molar-refractivity contribution in [1.82, 2.24) is 6.15 Å². The summed E-state index contributed by atoms with van der Waals surface area (Å²) in [6.45, 7) is 0. The summed E-state index contributed by atoms with van der Waals surface area (Å²) in [6, 6.07) is 0. The van der Waals surface area contributed by atoms with E-state index >= 15 is 0 Å². The van der Waals surface area contributed by atoms with Gasteiger partial charge in [-0.05, 0) is 0 Å². The van der Waals surface area contributed by atoms with Gasteiger partial charge in [-0.3, -0.25) is 0 Å². The molecule has 0 bridgehead atoms. The molecular formula is H4N5O12Y. The van der Waals surface area contributed by atoms with E-state index in [9.17, 15) is 0 Å². The van der Waals surface area contributed by atoms with Gasteiger partial charge >= 0.3 is 32.7 Å². The van der Waals surface area contributed by atoms with E-state index in [1.807, 2.05) is 0 Å². The van der Waals surface area contributed by atoms with Gasteiger partial charge in [0.1, 0.15) is 0 Å². The Morgan fingerprint density at radius 1 is 0.444 bits per heavy atom. The molecule has 0 aromatic carbocycles. The van der Waals surface area contributed by atoms with Crippen molar-refractivity contribution in [3.05, 3.63) is 61.3 Å².